The van der Waals surface area contributed by atoms with E-state index in [1.807, 2.05) is 13.8 Å². The van der Waals surface area contributed by atoms with Gasteiger partial charge >= 0.3 is 0 Å². The van der Waals surface area contributed by atoms with Crippen LogP contribution in [-0.2, 0) is 6.54 Å². The van der Waals surface area contributed by atoms with E-state index in [0.717, 1.165) is 22.5 Å². The first kappa shape index (κ1) is 13.5. The normalized spacial score (nSPS) is 11.8. The quantitative estimate of drug-likeness (QED) is 0.693. The van der Waals surface area contributed by atoms with Gasteiger partial charge in [-0.1, -0.05) is 0 Å². The second kappa shape index (κ2) is 5.39. The van der Waals surface area contributed by atoms with Crippen LogP contribution in [0.1, 0.15) is 30.4 Å². The molecule has 2 aromatic heterocycles. The van der Waals surface area contributed by atoms with Gasteiger partial charge in [-0.15, -0.1) is 0 Å². The molecule has 0 radical (unpaired) electrons. The number of aromatic nitrogens is 5. The molecule has 0 aliphatic heterocycles. The lowest BCUT2D eigenvalue weighted by atomic mass is 10.3. The van der Waals surface area contributed by atoms with Crippen LogP contribution in [0.3, 0.4) is 0 Å². The monoisotopic (exact) mass is 286 g/mol. The van der Waals surface area contributed by atoms with E-state index in [1.54, 1.807) is 10.9 Å². The summed E-state index contributed by atoms with van der Waals surface area (Å²) in [5, 5.41) is 13.8. The topological polar surface area (TPSA) is 63.8 Å². The number of nitrogens with zero attached hydrogens (tertiary/aromatic N) is 5. The Morgan fingerprint density at radius 1 is 1.58 bits per heavy atom. The van der Waals surface area contributed by atoms with Crippen molar-refractivity contribution < 1.29 is 8.78 Å². The van der Waals surface area contributed by atoms with E-state index < -0.39 is 12.2 Å². The largest absolute Gasteiger partial charge is 0.299 e. The fourth-order valence-corrected chi connectivity index (χ4v) is 1.77. The second-order valence-electron chi connectivity index (χ2n) is 3.75. The van der Waals surface area contributed by atoms with E-state index >= 15 is 0 Å². The van der Waals surface area contributed by atoms with Crippen LogP contribution >= 0.6 is 12.2 Å². The molecule has 0 amide bonds. The number of H-pyrrole nitrogens is 1. The summed E-state index contributed by atoms with van der Waals surface area (Å²) in [7, 11) is 0. The minimum absolute atomic E-state index is 0.0205. The predicted molar refractivity (Wildman–Crippen MR) is 68.0 cm³/mol. The zero-order valence-corrected chi connectivity index (χ0v) is 11.2. The summed E-state index contributed by atoms with van der Waals surface area (Å²) >= 11 is 4.85. The summed E-state index contributed by atoms with van der Waals surface area (Å²) in [5.74, 6) is -0.512. The molecule has 0 aliphatic rings. The Kier molecular flexibility index (Phi) is 3.84. The van der Waals surface area contributed by atoms with Crippen molar-refractivity contribution in [2.75, 3.05) is 0 Å². The van der Waals surface area contributed by atoms with Gasteiger partial charge in [0, 0.05) is 17.8 Å². The number of hydrogen-bond donors (Lipinski definition) is 1. The Hall–Kier alpha value is -1.90. The number of alkyl halides is 2. The molecule has 0 bridgehead atoms. The van der Waals surface area contributed by atoms with E-state index in [0.29, 0.717) is 0 Å². The predicted octanol–water partition coefficient (Wildman–Crippen LogP) is 2.29. The van der Waals surface area contributed by atoms with Gasteiger partial charge in [0.25, 0.3) is 6.43 Å². The van der Waals surface area contributed by atoms with Crippen LogP contribution in [0.25, 0.3) is 0 Å². The zero-order valence-electron chi connectivity index (χ0n) is 10.3. The van der Waals surface area contributed by atoms with Crippen molar-refractivity contribution in [3.63, 3.8) is 0 Å². The number of halogens is 2. The molecule has 2 aromatic rings. The van der Waals surface area contributed by atoms with Gasteiger partial charge in [-0.05, 0) is 26.1 Å². The molecular formula is C10H12F2N6S. The first-order valence-corrected chi connectivity index (χ1v) is 5.97. The number of aryl methyl sites for hydroxylation is 1. The molecule has 0 atom stereocenters. The Balaban J connectivity index is 2.35. The maximum atomic E-state index is 12.7. The van der Waals surface area contributed by atoms with Crippen molar-refractivity contribution in [1.82, 2.24) is 24.7 Å². The SMILES string of the molecule is CCn1ncc(/C=N\n2c(C(F)F)n[nH]c2=S)c1C. The summed E-state index contributed by atoms with van der Waals surface area (Å²) in [5.41, 5.74) is 1.64. The molecule has 2 heterocycles. The fraction of sp³-hybridized carbons (Fsp3) is 0.400. The fourth-order valence-electron chi connectivity index (χ4n) is 1.58. The first-order valence-electron chi connectivity index (χ1n) is 5.56. The maximum absolute atomic E-state index is 12.7. The summed E-state index contributed by atoms with van der Waals surface area (Å²) in [6, 6.07) is 0. The lowest BCUT2D eigenvalue weighted by Crippen LogP contribution is -2.01. The van der Waals surface area contributed by atoms with Gasteiger partial charge in [0.15, 0.2) is 0 Å². The van der Waals surface area contributed by atoms with Crippen LogP contribution in [0.15, 0.2) is 11.3 Å². The lowest BCUT2D eigenvalue weighted by Gasteiger charge is -1.99. The zero-order chi connectivity index (χ0) is 14.0. The van der Waals surface area contributed by atoms with Gasteiger partial charge in [-0.2, -0.15) is 20.0 Å². The number of aromatic amines is 1. The molecule has 9 heteroatoms. The van der Waals surface area contributed by atoms with Crippen LogP contribution in [0.4, 0.5) is 8.78 Å². The molecule has 0 aromatic carbocycles. The van der Waals surface area contributed by atoms with E-state index in [2.05, 4.69) is 20.4 Å². The van der Waals surface area contributed by atoms with Gasteiger partial charge in [-0.25, -0.2) is 13.9 Å². The summed E-state index contributed by atoms with van der Waals surface area (Å²) in [6.45, 7) is 4.57. The smallest absolute Gasteiger partial charge is 0.269 e. The third-order valence-electron chi connectivity index (χ3n) is 2.62. The highest BCUT2D eigenvalue weighted by Gasteiger charge is 2.16. The molecule has 0 saturated carbocycles. The van der Waals surface area contributed by atoms with Gasteiger partial charge in [0.2, 0.25) is 10.6 Å². The summed E-state index contributed by atoms with van der Waals surface area (Å²) in [6.07, 6.45) is 0.310. The van der Waals surface area contributed by atoms with E-state index in [-0.39, 0.29) is 4.77 Å². The molecule has 0 fully saturated rings. The molecule has 1 N–H and O–H groups in total. The second-order valence-corrected chi connectivity index (χ2v) is 4.13. The molecule has 0 aliphatic carbocycles. The Morgan fingerprint density at radius 2 is 2.32 bits per heavy atom. The summed E-state index contributed by atoms with van der Waals surface area (Å²) in [4.78, 5) is 0. The number of rotatable bonds is 4. The van der Waals surface area contributed by atoms with E-state index in [1.165, 1.54) is 6.21 Å². The third kappa shape index (κ3) is 2.60. The highest BCUT2D eigenvalue weighted by molar-refractivity contribution is 7.71. The minimum Gasteiger partial charge on any atom is -0.269 e. The first-order chi connectivity index (χ1) is 9.04. The highest BCUT2D eigenvalue weighted by Crippen LogP contribution is 2.16. The summed E-state index contributed by atoms with van der Waals surface area (Å²) < 4.78 is 28.0. The van der Waals surface area contributed by atoms with Crippen LogP contribution in [-0.4, -0.2) is 30.9 Å². The van der Waals surface area contributed by atoms with Crippen molar-refractivity contribution in [2.45, 2.75) is 26.8 Å². The van der Waals surface area contributed by atoms with Crippen molar-refractivity contribution in [3.05, 3.63) is 28.0 Å². The average Bonchev–Trinajstić information content (AvgIpc) is 2.90. The average molecular weight is 286 g/mol. The molecule has 0 saturated heterocycles. The van der Waals surface area contributed by atoms with Crippen molar-refractivity contribution in [2.24, 2.45) is 5.10 Å². The number of nitrogens with one attached hydrogen (secondary N) is 1. The van der Waals surface area contributed by atoms with Crippen LogP contribution in [0, 0.1) is 11.7 Å². The molecule has 19 heavy (non-hydrogen) atoms. The van der Waals surface area contributed by atoms with Crippen LogP contribution in [0.2, 0.25) is 0 Å². The molecule has 0 spiro atoms. The molecular weight excluding hydrogens is 274 g/mol. The number of hydrogen-bond acceptors (Lipinski definition) is 4. The highest BCUT2D eigenvalue weighted by atomic mass is 32.1. The minimum atomic E-state index is -2.75. The van der Waals surface area contributed by atoms with Crippen LogP contribution in [0.5, 0.6) is 0 Å². The third-order valence-corrected chi connectivity index (χ3v) is 2.89. The Morgan fingerprint density at radius 3 is 2.89 bits per heavy atom. The van der Waals surface area contributed by atoms with E-state index in [4.69, 9.17) is 12.2 Å². The Bertz CT molecular complexity index is 653. The van der Waals surface area contributed by atoms with Gasteiger partial charge in [0.1, 0.15) is 0 Å². The van der Waals surface area contributed by atoms with Crippen molar-refractivity contribution in [3.8, 4) is 0 Å². The van der Waals surface area contributed by atoms with Crippen molar-refractivity contribution in [1.29, 1.82) is 0 Å². The van der Waals surface area contributed by atoms with Crippen molar-refractivity contribution >= 4 is 18.4 Å². The van der Waals surface area contributed by atoms with Gasteiger partial charge in [0.05, 0.1) is 12.4 Å². The molecule has 2 rings (SSSR count). The molecule has 6 nitrogen and oxygen atoms in total. The van der Waals surface area contributed by atoms with Crippen LogP contribution < -0.4 is 0 Å². The Labute approximate surface area is 112 Å². The van der Waals surface area contributed by atoms with E-state index in [9.17, 15) is 8.78 Å². The molecule has 102 valence electrons. The van der Waals surface area contributed by atoms with Gasteiger partial charge < -0.3 is 0 Å². The maximum Gasteiger partial charge on any atom is 0.299 e. The van der Waals surface area contributed by atoms with Gasteiger partial charge in [-0.3, -0.25) is 4.68 Å². The standard InChI is InChI=1S/C10H12F2N6S/c1-3-17-6(2)7(4-13-17)5-14-18-9(8(11)12)15-16-10(18)19/h4-5,8H,3H2,1-2H3,(H,16,19)/b14-5-. The molecule has 0 unspecified atom stereocenters. The lowest BCUT2D eigenvalue weighted by molar-refractivity contribution is 0.136.